The number of likely N-dealkylation sites (N-methyl/N-ethyl adjacent to an activating group) is 1. The second kappa shape index (κ2) is 7.95. The van der Waals surface area contributed by atoms with Crippen LogP contribution in [0.25, 0.3) is 0 Å². The van der Waals surface area contributed by atoms with Crippen molar-refractivity contribution >= 4 is 23.6 Å². The Bertz CT molecular complexity index is 795. The molecule has 2 aromatic rings. The summed E-state index contributed by atoms with van der Waals surface area (Å²) in [4.78, 5) is 27.1. The van der Waals surface area contributed by atoms with Gasteiger partial charge in [-0.1, -0.05) is 17.3 Å². The first kappa shape index (κ1) is 18.5. The number of hydrogen-bond donors (Lipinski definition) is 1. The molecule has 0 aliphatic heterocycles. The number of nitrogens with zero attached hydrogens (tertiary/aromatic N) is 2. The lowest BCUT2D eigenvalue weighted by molar-refractivity contribution is -0.121. The summed E-state index contributed by atoms with van der Waals surface area (Å²) in [7, 11) is 1.66. The number of hydrogen-bond acceptors (Lipinski definition) is 5. The molecule has 1 saturated carbocycles. The number of carbonyl (C=O) groups is 2. The van der Waals surface area contributed by atoms with E-state index in [1.807, 2.05) is 32.0 Å². The molecule has 7 heteroatoms. The third-order valence-electron chi connectivity index (χ3n) is 4.34. The largest absolute Gasteiger partial charge is 0.361 e. The number of carbonyl (C=O) groups excluding carboxylic acids is 2. The molecular weight excluding hydrogens is 350 g/mol. The lowest BCUT2D eigenvalue weighted by Crippen LogP contribution is -2.39. The Labute approximate surface area is 157 Å². The number of amides is 2. The van der Waals surface area contributed by atoms with Gasteiger partial charge in [0.1, 0.15) is 5.76 Å². The zero-order valence-corrected chi connectivity index (χ0v) is 16.1. The van der Waals surface area contributed by atoms with E-state index in [0.717, 1.165) is 34.8 Å². The molecule has 0 saturated heterocycles. The second-order valence-electron chi connectivity index (χ2n) is 6.59. The van der Waals surface area contributed by atoms with Gasteiger partial charge in [-0.15, -0.1) is 11.8 Å². The second-order valence-corrected chi connectivity index (χ2v) is 7.61. The van der Waals surface area contributed by atoms with E-state index >= 15 is 0 Å². The fourth-order valence-electron chi connectivity index (χ4n) is 2.62. The number of aryl methyl sites for hydroxylation is 2. The molecule has 2 amide bonds. The van der Waals surface area contributed by atoms with Crippen molar-refractivity contribution in [1.82, 2.24) is 15.4 Å². The van der Waals surface area contributed by atoms with Crippen molar-refractivity contribution in [2.75, 3.05) is 13.6 Å². The van der Waals surface area contributed by atoms with Crippen LogP contribution in [-0.2, 0) is 10.5 Å². The molecule has 6 nitrogen and oxygen atoms in total. The minimum atomic E-state index is -0.155. The molecule has 26 heavy (non-hydrogen) atoms. The van der Waals surface area contributed by atoms with Gasteiger partial charge in [0, 0.05) is 29.3 Å². The number of benzene rings is 1. The average molecular weight is 373 g/mol. The Morgan fingerprint density at radius 2 is 2.04 bits per heavy atom. The minimum absolute atomic E-state index is 0.0677. The first-order chi connectivity index (χ1) is 12.5. The van der Waals surface area contributed by atoms with E-state index in [0.29, 0.717) is 17.4 Å². The summed E-state index contributed by atoms with van der Waals surface area (Å²) in [5, 5.41) is 6.87. The number of aromatic nitrogens is 1. The molecule has 0 radical (unpaired) electrons. The van der Waals surface area contributed by atoms with Crippen molar-refractivity contribution in [2.24, 2.45) is 0 Å². The van der Waals surface area contributed by atoms with Crippen LogP contribution in [0.2, 0.25) is 0 Å². The summed E-state index contributed by atoms with van der Waals surface area (Å²) < 4.78 is 5.20. The van der Waals surface area contributed by atoms with Gasteiger partial charge in [0.05, 0.1) is 17.8 Å². The minimum Gasteiger partial charge on any atom is -0.361 e. The molecule has 1 heterocycles. The van der Waals surface area contributed by atoms with Crippen molar-refractivity contribution < 1.29 is 14.1 Å². The lowest BCUT2D eigenvalue weighted by atomic mass is 10.2. The number of rotatable bonds is 7. The normalized spacial score (nSPS) is 13.5. The fraction of sp³-hybridized carbons (Fsp3) is 0.421. The average Bonchev–Trinajstić information content (AvgIpc) is 3.37. The molecule has 1 aliphatic carbocycles. The maximum absolute atomic E-state index is 12.8. The van der Waals surface area contributed by atoms with Crippen LogP contribution in [0.4, 0.5) is 0 Å². The summed E-state index contributed by atoms with van der Waals surface area (Å²) in [6.07, 6.45) is 2.06. The maximum atomic E-state index is 12.8. The van der Waals surface area contributed by atoms with Gasteiger partial charge in [-0.05, 0) is 38.8 Å². The van der Waals surface area contributed by atoms with Crippen molar-refractivity contribution in [3.63, 3.8) is 0 Å². The molecule has 138 valence electrons. The fourth-order valence-corrected chi connectivity index (χ4v) is 3.82. The van der Waals surface area contributed by atoms with E-state index in [1.54, 1.807) is 24.9 Å². The Morgan fingerprint density at radius 3 is 2.69 bits per heavy atom. The van der Waals surface area contributed by atoms with Crippen LogP contribution in [0.15, 0.2) is 33.7 Å². The van der Waals surface area contributed by atoms with Gasteiger partial charge in [0.15, 0.2) is 0 Å². The Morgan fingerprint density at radius 1 is 1.31 bits per heavy atom. The summed E-state index contributed by atoms with van der Waals surface area (Å²) in [6.45, 7) is 3.87. The molecule has 1 aliphatic rings. The number of thioether (sulfide) groups is 1. The summed E-state index contributed by atoms with van der Waals surface area (Å²) in [5.74, 6) is 1.21. The van der Waals surface area contributed by atoms with Crippen LogP contribution < -0.4 is 5.32 Å². The Hall–Kier alpha value is -2.28. The van der Waals surface area contributed by atoms with Crippen molar-refractivity contribution in [3.8, 4) is 0 Å². The van der Waals surface area contributed by atoms with E-state index in [2.05, 4.69) is 10.5 Å². The van der Waals surface area contributed by atoms with Crippen LogP contribution in [0, 0.1) is 13.8 Å². The molecule has 1 N–H and O–H groups in total. The highest BCUT2D eigenvalue weighted by atomic mass is 32.2. The molecule has 0 atom stereocenters. The van der Waals surface area contributed by atoms with E-state index in [1.165, 1.54) is 4.90 Å². The molecule has 0 spiro atoms. The maximum Gasteiger partial charge on any atom is 0.255 e. The van der Waals surface area contributed by atoms with Crippen LogP contribution in [0.1, 0.15) is 40.2 Å². The molecule has 1 fully saturated rings. The third-order valence-corrected chi connectivity index (χ3v) is 5.44. The van der Waals surface area contributed by atoms with Crippen LogP contribution in [-0.4, -0.2) is 41.5 Å². The van der Waals surface area contributed by atoms with E-state index < -0.39 is 0 Å². The zero-order valence-electron chi connectivity index (χ0n) is 15.2. The van der Waals surface area contributed by atoms with Crippen LogP contribution >= 0.6 is 11.8 Å². The first-order valence-corrected chi connectivity index (χ1v) is 9.62. The highest BCUT2D eigenvalue weighted by Crippen LogP contribution is 2.29. The van der Waals surface area contributed by atoms with Gasteiger partial charge < -0.3 is 14.7 Å². The predicted octanol–water partition coefficient (Wildman–Crippen LogP) is 2.93. The monoisotopic (exact) mass is 373 g/mol. The van der Waals surface area contributed by atoms with Gasteiger partial charge in [0.25, 0.3) is 5.91 Å². The Kier molecular flexibility index (Phi) is 5.66. The molecule has 3 rings (SSSR count). The predicted molar refractivity (Wildman–Crippen MR) is 100 cm³/mol. The molecule has 1 aromatic heterocycles. The molecular formula is C19H23N3O3S. The molecule has 0 bridgehead atoms. The van der Waals surface area contributed by atoms with Crippen LogP contribution in [0.3, 0.4) is 0 Å². The summed E-state index contributed by atoms with van der Waals surface area (Å²) in [6, 6.07) is 7.77. The first-order valence-electron chi connectivity index (χ1n) is 8.64. The topological polar surface area (TPSA) is 75.4 Å². The highest BCUT2D eigenvalue weighted by molar-refractivity contribution is 7.98. The zero-order chi connectivity index (χ0) is 18.7. The van der Waals surface area contributed by atoms with Gasteiger partial charge in [-0.25, -0.2) is 0 Å². The summed E-state index contributed by atoms with van der Waals surface area (Å²) in [5.41, 5.74) is 2.52. The van der Waals surface area contributed by atoms with Crippen molar-refractivity contribution in [1.29, 1.82) is 0 Å². The summed E-state index contributed by atoms with van der Waals surface area (Å²) >= 11 is 1.57. The van der Waals surface area contributed by atoms with Crippen molar-refractivity contribution in [3.05, 3.63) is 46.8 Å². The number of nitrogens with one attached hydrogen (secondary N) is 1. The smallest absolute Gasteiger partial charge is 0.255 e. The SMILES string of the molecule is Cc1noc(C)c1CSc1ccccc1C(=O)N(C)CC(=O)NC1CC1. The molecule has 0 unspecified atom stereocenters. The highest BCUT2D eigenvalue weighted by Gasteiger charge is 2.25. The van der Waals surface area contributed by atoms with E-state index in [9.17, 15) is 9.59 Å². The van der Waals surface area contributed by atoms with Crippen molar-refractivity contribution in [2.45, 2.75) is 43.4 Å². The van der Waals surface area contributed by atoms with Gasteiger partial charge in [0.2, 0.25) is 5.91 Å². The van der Waals surface area contributed by atoms with E-state index in [4.69, 9.17) is 4.52 Å². The van der Waals surface area contributed by atoms with Gasteiger partial charge in [-0.2, -0.15) is 0 Å². The Balaban J connectivity index is 1.67. The standard InChI is InChI=1S/C19H23N3O3S/c1-12-16(13(2)25-21-12)11-26-17-7-5-4-6-15(17)19(24)22(3)10-18(23)20-14-8-9-14/h4-7,14H,8-11H2,1-3H3,(H,20,23). The van der Waals surface area contributed by atoms with Crippen LogP contribution in [0.5, 0.6) is 0 Å². The lowest BCUT2D eigenvalue weighted by Gasteiger charge is -2.18. The third kappa shape index (κ3) is 4.46. The van der Waals surface area contributed by atoms with Gasteiger partial charge >= 0.3 is 0 Å². The van der Waals surface area contributed by atoms with E-state index in [-0.39, 0.29) is 18.4 Å². The van der Waals surface area contributed by atoms with Gasteiger partial charge in [-0.3, -0.25) is 9.59 Å². The quantitative estimate of drug-likeness (QED) is 0.755. The molecule has 1 aromatic carbocycles.